The van der Waals surface area contributed by atoms with E-state index in [1.54, 1.807) is 0 Å². The molecule has 0 amide bonds. The molecule has 0 aliphatic heterocycles. The summed E-state index contributed by atoms with van der Waals surface area (Å²) in [5.41, 5.74) is 0. The van der Waals surface area contributed by atoms with Gasteiger partial charge < -0.3 is 0 Å². The van der Waals surface area contributed by atoms with Crippen LogP contribution in [0.15, 0.2) is 0 Å². The van der Waals surface area contributed by atoms with Crippen molar-refractivity contribution < 1.29 is 8.78 Å². The molecule has 0 aromatic heterocycles. The van der Waals surface area contributed by atoms with E-state index in [0.29, 0.717) is 0 Å². The fourth-order valence-electron chi connectivity index (χ4n) is 1.57. The van der Waals surface area contributed by atoms with Gasteiger partial charge in [0, 0.05) is 6.42 Å². The van der Waals surface area contributed by atoms with Gasteiger partial charge in [-0.15, -0.1) is 0 Å². The summed E-state index contributed by atoms with van der Waals surface area (Å²) in [6, 6.07) is 0. The Bertz CT molecular complexity index is 111. The highest BCUT2D eigenvalue weighted by molar-refractivity contribution is 4.78. The molecule has 1 rings (SSSR count). The SMILES string of the molecule is CC1CCC(C)C(F)CC1F. The van der Waals surface area contributed by atoms with Gasteiger partial charge in [-0.2, -0.15) is 0 Å². The zero-order chi connectivity index (χ0) is 8.43. The van der Waals surface area contributed by atoms with Crippen LogP contribution in [0.25, 0.3) is 0 Å². The minimum Gasteiger partial charge on any atom is -0.247 e. The average Bonchev–Trinajstić information content (AvgIpc) is 2.05. The van der Waals surface area contributed by atoms with Gasteiger partial charge in [0.05, 0.1) is 0 Å². The van der Waals surface area contributed by atoms with Crippen LogP contribution in [0.4, 0.5) is 8.78 Å². The molecule has 0 N–H and O–H groups in total. The van der Waals surface area contributed by atoms with Crippen molar-refractivity contribution in [2.75, 3.05) is 0 Å². The van der Waals surface area contributed by atoms with Crippen molar-refractivity contribution in [3.63, 3.8) is 0 Å². The van der Waals surface area contributed by atoms with Crippen LogP contribution in [0.3, 0.4) is 0 Å². The Labute approximate surface area is 67.0 Å². The summed E-state index contributed by atoms with van der Waals surface area (Å²) in [4.78, 5) is 0. The molecule has 0 radical (unpaired) electrons. The monoisotopic (exact) mass is 162 g/mol. The maximum Gasteiger partial charge on any atom is 0.105 e. The highest BCUT2D eigenvalue weighted by Gasteiger charge is 2.29. The van der Waals surface area contributed by atoms with E-state index in [4.69, 9.17) is 0 Å². The van der Waals surface area contributed by atoms with Crippen LogP contribution in [0, 0.1) is 11.8 Å². The number of alkyl halides is 2. The normalized spacial score (nSPS) is 46.9. The van der Waals surface area contributed by atoms with Crippen molar-refractivity contribution in [1.82, 2.24) is 0 Å². The number of hydrogen-bond acceptors (Lipinski definition) is 0. The summed E-state index contributed by atoms with van der Waals surface area (Å²) in [7, 11) is 0. The van der Waals surface area contributed by atoms with Gasteiger partial charge in [-0.1, -0.05) is 13.8 Å². The Morgan fingerprint density at radius 1 is 0.909 bits per heavy atom. The number of rotatable bonds is 0. The zero-order valence-electron chi connectivity index (χ0n) is 7.19. The van der Waals surface area contributed by atoms with E-state index in [2.05, 4.69) is 0 Å². The lowest BCUT2D eigenvalue weighted by molar-refractivity contribution is 0.167. The third-order valence-electron chi connectivity index (χ3n) is 2.76. The van der Waals surface area contributed by atoms with E-state index in [9.17, 15) is 8.78 Å². The second kappa shape index (κ2) is 3.51. The van der Waals surface area contributed by atoms with Crippen molar-refractivity contribution >= 4 is 0 Å². The lowest BCUT2D eigenvalue weighted by Gasteiger charge is -2.13. The summed E-state index contributed by atoms with van der Waals surface area (Å²) in [6.07, 6.45) is -0.0571. The van der Waals surface area contributed by atoms with Crippen molar-refractivity contribution in [3.05, 3.63) is 0 Å². The lowest BCUT2D eigenvalue weighted by atomic mass is 10.0. The van der Waals surface area contributed by atoms with E-state index < -0.39 is 12.3 Å². The van der Waals surface area contributed by atoms with Gasteiger partial charge in [0.2, 0.25) is 0 Å². The fraction of sp³-hybridized carbons (Fsp3) is 1.00. The topological polar surface area (TPSA) is 0 Å². The molecule has 0 aromatic carbocycles. The summed E-state index contributed by atoms with van der Waals surface area (Å²) >= 11 is 0. The van der Waals surface area contributed by atoms with Gasteiger partial charge in [0.15, 0.2) is 0 Å². The molecule has 66 valence electrons. The molecule has 0 nitrogen and oxygen atoms in total. The smallest absolute Gasteiger partial charge is 0.105 e. The first-order chi connectivity index (χ1) is 5.11. The molecule has 4 atom stereocenters. The van der Waals surface area contributed by atoms with Crippen LogP contribution in [0.5, 0.6) is 0 Å². The van der Waals surface area contributed by atoms with Crippen LogP contribution in [0.1, 0.15) is 33.1 Å². The Morgan fingerprint density at radius 2 is 1.27 bits per heavy atom. The molecular formula is C9H16F2. The van der Waals surface area contributed by atoms with E-state index >= 15 is 0 Å². The van der Waals surface area contributed by atoms with Crippen LogP contribution in [0.2, 0.25) is 0 Å². The molecule has 1 fully saturated rings. The Hall–Kier alpha value is -0.140. The predicted octanol–water partition coefficient (Wildman–Crippen LogP) is 3.12. The molecule has 0 saturated heterocycles. The molecule has 1 aliphatic rings. The largest absolute Gasteiger partial charge is 0.247 e. The first kappa shape index (κ1) is 8.95. The molecule has 1 aliphatic carbocycles. The molecule has 0 spiro atoms. The summed E-state index contributed by atoms with van der Waals surface area (Å²) in [5.74, 6) is 0.108. The Balaban J connectivity index is 2.51. The third-order valence-corrected chi connectivity index (χ3v) is 2.76. The third kappa shape index (κ3) is 2.14. The van der Waals surface area contributed by atoms with E-state index in [0.717, 1.165) is 12.8 Å². The highest BCUT2D eigenvalue weighted by atomic mass is 19.1. The van der Waals surface area contributed by atoms with E-state index in [1.807, 2.05) is 13.8 Å². The fourth-order valence-corrected chi connectivity index (χ4v) is 1.57. The standard InChI is InChI=1S/C9H16F2/c1-6-3-4-7(2)9(11)5-8(6)10/h6-9H,3-5H2,1-2H3. The maximum atomic E-state index is 13.0. The van der Waals surface area contributed by atoms with Crippen molar-refractivity contribution in [2.45, 2.75) is 45.5 Å². The van der Waals surface area contributed by atoms with Gasteiger partial charge in [0.1, 0.15) is 12.3 Å². The highest BCUT2D eigenvalue weighted by Crippen LogP contribution is 2.30. The van der Waals surface area contributed by atoms with Gasteiger partial charge >= 0.3 is 0 Å². The second-order valence-corrected chi connectivity index (χ2v) is 3.80. The first-order valence-corrected chi connectivity index (χ1v) is 4.39. The lowest BCUT2D eigenvalue weighted by Crippen LogP contribution is -2.16. The van der Waals surface area contributed by atoms with Crippen molar-refractivity contribution in [1.29, 1.82) is 0 Å². The van der Waals surface area contributed by atoms with Crippen LogP contribution < -0.4 is 0 Å². The minimum atomic E-state index is -0.921. The molecule has 2 heteroatoms. The molecule has 4 unspecified atom stereocenters. The second-order valence-electron chi connectivity index (χ2n) is 3.80. The Kier molecular flexibility index (Phi) is 2.85. The van der Waals surface area contributed by atoms with Gasteiger partial charge in [-0.3, -0.25) is 0 Å². The molecule has 0 heterocycles. The average molecular weight is 162 g/mol. The van der Waals surface area contributed by atoms with Gasteiger partial charge in [-0.25, -0.2) is 8.78 Å². The minimum absolute atomic E-state index is 0.0539. The molecule has 11 heavy (non-hydrogen) atoms. The number of hydrogen-bond donors (Lipinski definition) is 0. The zero-order valence-corrected chi connectivity index (χ0v) is 7.19. The van der Waals surface area contributed by atoms with Crippen LogP contribution in [-0.2, 0) is 0 Å². The van der Waals surface area contributed by atoms with Gasteiger partial charge in [0.25, 0.3) is 0 Å². The molecular weight excluding hydrogens is 146 g/mol. The summed E-state index contributed by atoms with van der Waals surface area (Å²) in [5, 5.41) is 0. The van der Waals surface area contributed by atoms with E-state index in [1.165, 1.54) is 0 Å². The van der Waals surface area contributed by atoms with Gasteiger partial charge in [-0.05, 0) is 24.7 Å². The molecule has 1 saturated carbocycles. The van der Waals surface area contributed by atoms with Crippen LogP contribution >= 0.6 is 0 Å². The van der Waals surface area contributed by atoms with Crippen LogP contribution in [-0.4, -0.2) is 12.3 Å². The number of halogens is 2. The Morgan fingerprint density at radius 3 is 1.64 bits per heavy atom. The molecule has 0 aromatic rings. The van der Waals surface area contributed by atoms with E-state index in [-0.39, 0.29) is 18.3 Å². The predicted molar refractivity (Wildman–Crippen MR) is 42.0 cm³/mol. The maximum absolute atomic E-state index is 13.0. The molecule has 0 bridgehead atoms. The van der Waals surface area contributed by atoms with Crippen molar-refractivity contribution in [3.8, 4) is 0 Å². The van der Waals surface area contributed by atoms with Crippen molar-refractivity contribution in [2.24, 2.45) is 11.8 Å². The summed E-state index contributed by atoms with van der Waals surface area (Å²) in [6.45, 7) is 3.74. The first-order valence-electron chi connectivity index (χ1n) is 4.39. The quantitative estimate of drug-likeness (QED) is 0.480. The summed E-state index contributed by atoms with van der Waals surface area (Å²) < 4.78 is 26.0.